The molecule has 0 saturated heterocycles. The number of nitrogens with zero attached hydrogens (tertiary/aromatic N) is 3. The Balaban J connectivity index is 1.85. The first-order chi connectivity index (χ1) is 14.6. The molecule has 1 heterocycles. The van der Waals surface area contributed by atoms with E-state index in [4.69, 9.17) is 9.47 Å². The Morgan fingerprint density at radius 2 is 1.93 bits per heavy atom. The summed E-state index contributed by atoms with van der Waals surface area (Å²) in [4.78, 5) is 25.3. The van der Waals surface area contributed by atoms with E-state index in [0.29, 0.717) is 35.4 Å². The lowest BCUT2D eigenvalue weighted by Crippen LogP contribution is -2.29. The average molecular weight is 408 g/mol. The number of ether oxygens (including phenoxy) is 2. The Hall–Kier alpha value is -3.68. The first-order valence-corrected chi connectivity index (χ1v) is 9.73. The van der Waals surface area contributed by atoms with Crippen LogP contribution in [0.15, 0.2) is 52.4 Å². The van der Waals surface area contributed by atoms with Crippen molar-refractivity contribution in [3.05, 3.63) is 64.1 Å². The van der Waals surface area contributed by atoms with Crippen molar-refractivity contribution in [2.45, 2.75) is 26.8 Å². The smallest absolute Gasteiger partial charge is 0.292 e. The van der Waals surface area contributed by atoms with Crippen LogP contribution in [0.3, 0.4) is 0 Å². The van der Waals surface area contributed by atoms with Crippen LogP contribution in [0.2, 0.25) is 0 Å². The van der Waals surface area contributed by atoms with Gasteiger partial charge in [0.05, 0.1) is 25.3 Å². The van der Waals surface area contributed by atoms with Crippen molar-refractivity contribution in [2.75, 3.05) is 13.7 Å². The molecule has 2 aromatic carbocycles. The largest absolute Gasteiger partial charge is 0.493 e. The summed E-state index contributed by atoms with van der Waals surface area (Å²) in [6, 6.07) is 12.3. The van der Waals surface area contributed by atoms with Crippen molar-refractivity contribution in [1.82, 2.24) is 15.2 Å². The number of rotatable bonds is 8. The SMILES string of the molecule is CCCn1nc(C(=O)N/N=C\c2ccc(OCC)c(OC)c2)c2ccccc2c1=O. The number of hydrogen-bond donors (Lipinski definition) is 1. The molecule has 8 nitrogen and oxygen atoms in total. The number of fused-ring (bicyclic) bond motifs is 1. The third-order valence-corrected chi connectivity index (χ3v) is 4.39. The Bertz CT molecular complexity index is 1140. The topological polar surface area (TPSA) is 94.8 Å². The summed E-state index contributed by atoms with van der Waals surface area (Å²) >= 11 is 0. The van der Waals surface area contributed by atoms with Gasteiger partial charge in [0.2, 0.25) is 0 Å². The van der Waals surface area contributed by atoms with Crippen molar-refractivity contribution >= 4 is 22.9 Å². The van der Waals surface area contributed by atoms with E-state index in [1.54, 1.807) is 49.6 Å². The van der Waals surface area contributed by atoms with Gasteiger partial charge in [-0.25, -0.2) is 10.1 Å². The molecule has 0 aliphatic rings. The number of amides is 1. The summed E-state index contributed by atoms with van der Waals surface area (Å²) in [6.07, 6.45) is 2.23. The highest BCUT2D eigenvalue weighted by molar-refractivity contribution is 6.04. The summed E-state index contributed by atoms with van der Waals surface area (Å²) in [5, 5.41) is 9.22. The quantitative estimate of drug-likeness (QED) is 0.457. The van der Waals surface area contributed by atoms with Gasteiger partial charge in [0, 0.05) is 11.9 Å². The molecule has 156 valence electrons. The molecule has 1 aromatic heterocycles. The number of carbonyl (C=O) groups excluding carboxylic acids is 1. The van der Waals surface area contributed by atoms with Gasteiger partial charge in [0.25, 0.3) is 11.5 Å². The van der Waals surface area contributed by atoms with E-state index in [2.05, 4.69) is 15.6 Å². The third kappa shape index (κ3) is 4.48. The summed E-state index contributed by atoms with van der Waals surface area (Å²) in [5.74, 6) is 0.715. The summed E-state index contributed by atoms with van der Waals surface area (Å²) in [7, 11) is 1.56. The van der Waals surface area contributed by atoms with Gasteiger partial charge >= 0.3 is 0 Å². The molecule has 0 radical (unpaired) electrons. The molecule has 3 rings (SSSR count). The average Bonchev–Trinajstić information content (AvgIpc) is 2.76. The number of hydrazone groups is 1. The number of carbonyl (C=O) groups is 1. The monoisotopic (exact) mass is 408 g/mol. The van der Waals surface area contributed by atoms with Crippen LogP contribution in [0.1, 0.15) is 36.3 Å². The standard InChI is InChI=1S/C22H24N4O4/c1-4-12-26-22(28)17-9-7-6-8-16(17)20(25-26)21(27)24-23-14-15-10-11-18(30-5-2)19(13-15)29-3/h6-11,13-14H,4-5,12H2,1-3H3,(H,24,27)/b23-14-. The zero-order valence-electron chi connectivity index (χ0n) is 17.2. The van der Waals surface area contributed by atoms with Crippen LogP contribution in [0.25, 0.3) is 10.8 Å². The molecule has 3 aromatic rings. The van der Waals surface area contributed by atoms with Gasteiger partial charge in [-0.05, 0) is 43.2 Å². The van der Waals surface area contributed by atoms with Crippen LogP contribution >= 0.6 is 0 Å². The Labute approximate surface area is 174 Å². The molecule has 30 heavy (non-hydrogen) atoms. The summed E-state index contributed by atoms with van der Waals surface area (Å²) in [6.45, 7) is 4.80. The maximum atomic E-state index is 12.7. The highest BCUT2D eigenvalue weighted by Crippen LogP contribution is 2.27. The first-order valence-electron chi connectivity index (χ1n) is 9.73. The molecule has 0 atom stereocenters. The fourth-order valence-electron chi connectivity index (χ4n) is 3.02. The van der Waals surface area contributed by atoms with E-state index in [-0.39, 0.29) is 11.3 Å². The Morgan fingerprint density at radius 3 is 2.63 bits per heavy atom. The van der Waals surface area contributed by atoms with Crippen molar-refractivity contribution in [2.24, 2.45) is 5.10 Å². The fourth-order valence-corrected chi connectivity index (χ4v) is 3.02. The zero-order valence-corrected chi connectivity index (χ0v) is 17.2. The molecular weight excluding hydrogens is 384 g/mol. The molecule has 0 aliphatic carbocycles. The number of aryl methyl sites for hydroxylation is 1. The van der Waals surface area contributed by atoms with Gasteiger partial charge in [-0.1, -0.05) is 25.1 Å². The van der Waals surface area contributed by atoms with E-state index >= 15 is 0 Å². The third-order valence-electron chi connectivity index (χ3n) is 4.39. The van der Waals surface area contributed by atoms with E-state index in [1.807, 2.05) is 13.8 Å². The van der Waals surface area contributed by atoms with Crippen LogP contribution in [0.4, 0.5) is 0 Å². The number of aromatic nitrogens is 2. The lowest BCUT2D eigenvalue weighted by Gasteiger charge is -2.10. The highest BCUT2D eigenvalue weighted by atomic mass is 16.5. The van der Waals surface area contributed by atoms with Crippen LogP contribution in [-0.2, 0) is 6.54 Å². The summed E-state index contributed by atoms with van der Waals surface area (Å²) in [5.41, 5.74) is 3.15. The minimum Gasteiger partial charge on any atom is -0.493 e. The molecule has 1 amide bonds. The van der Waals surface area contributed by atoms with Gasteiger partial charge in [-0.3, -0.25) is 9.59 Å². The van der Waals surface area contributed by atoms with E-state index in [0.717, 1.165) is 12.0 Å². The normalized spacial score (nSPS) is 11.0. The maximum absolute atomic E-state index is 12.7. The number of methoxy groups -OCH3 is 1. The minimum absolute atomic E-state index is 0.153. The predicted molar refractivity (Wildman–Crippen MR) is 116 cm³/mol. The molecule has 0 aliphatic heterocycles. The number of hydrogen-bond acceptors (Lipinski definition) is 6. The van der Waals surface area contributed by atoms with Crippen molar-refractivity contribution in [3.63, 3.8) is 0 Å². The molecular formula is C22H24N4O4. The van der Waals surface area contributed by atoms with E-state index < -0.39 is 5.91 Å². The van der Waals surface area contributed by atoms with Gasteiger partial charge in [-0.2, -0.15) is 10.2 Å². The Kier molecular flexibility index (Phi) is 6.79. The van der Waals surface area contributed by atoms with Crippen LogP contribution in [0, 0.1) is 0 Å². The van der Waals surface area contributed by atoms with Crippen LogP contribution in [-0.4, -0.2) is 35.6 Å². The van der Waals surface area contributed by atoms with Crippen molar-refractivity contribution < 1.29 is 14.3 Å². The highest BCUT2D eigenvalue weighted by Gasteiger charge is 2.16. The second-order valence-electron chi connectivity index (χ2n) is 6.46. The van der Waals surface area contributed by atoms with E-state index in [9.17, 15) is 9.59 Å². The molecule has 0 unspecified atom stereocenters. The van der Waals surface area contributed by atoms with Crippen molar-refractivity contribution in [3.8, 4) is 11.5 Å². The lowest BCUT2D eigenvalue weighted by atomic mass is 10.1. The van der Waals surface area contributed by atoms with Crippen molar-refractivity contribution in [1.29, 1.82) is 0 Å². The molecule has 0 fully saturated rings. The summed E-state index contributed by atoms with van der Waals surface area (Å²) < 4.78 is 12.1. The minimum atomic E-state index is -0.495. The second-order valence-corrected chi connectivity index (χ2v) is 6.46. The van der Waals surface area contributed by atoms with Gasteiger partial charge < -0.3 is 9.47 Å². The number of nitrogens with one attached hydrogen (secondary N) is 1. The lowest BCUT2D eigenvalue weighted by molar-refractivity contribution is 0.0949. The maximum Gasteiger partial charge on any atom is 0.292 e. The predicted octanol–water partition coefficient (Wildman–Crippen LogP) is 2.98. The zero-order chi connectivity index (χ0) is 21.5. The second kappa shape index (κ2) is 9.69. The van der Waals surface area contributed by atoms with Gasteiger partial charge in [0.1, 0.15) is 0 Å². The molecule has 8 heteroatoms. The van der Waals surface area contributed by atoms with Crippen LogP contribution < -0.4 is 20.5 Å². The van der Waals surface area contributed by atoms with Gasteiger partial charge in [0.15, 0.2) is 17.2 Å². The van der Waals surface area contributed by atoms with E-state index in [1.165, 1.54) is 10.9 Å². The Morgan fingerprint density at radius 1 is 1.17 bits per heavy atom. The van der Waals surface area contributed by atoms with Crippen LogP contribution in [0.5, 0.6) is 11.5 Å². The number of benzene rings is 2. The molecule has 0 bridgehead atoms. The molecule has 1 N–H and O–H groups in total. The first kappa shape index (κ1) is 21.0. The fraction of sp³-hybridized carbons (Fsp3) is 0.273. The molecule has 0 spiro atoms. The van der Waals surface area contributed by atoms with Gasteiger partial charge in [-0.15, -0.1) is 0 Å². The molecule has 0 saturated carbocycles.